The second-order valence-corrected chi connectivity index (χ2v) is 9.90. The summed E-state index contributed by atoms with van der Waals surface area (Å²) in [6.07, 6.45) is -2.96. The molecule has 6 atom stereocenters. The molecule has 0 spiro atoms. The van der Waals surface area contributed by atoms with Gasteiger partial charge in [0.25, 0.3) is 0 Å². The monoisotopic (exact) mass is 543 g/mol. The third kappa shape index (κ3) is 4.97. The second kappa shape index (κ2) is 10.7. The number of carbonyl (C=O) groups excluding carboxylic acids is 3. The zero-order valence-electron chi connectivity index (χ0n) is 20.9. The summed E-state index contributed by atoms with van der Waals surface area (Å²) >= 11 is 0. The number of nitrogens with one attached hydrogen (secondary N) is 1. The van der Waals surface area contributed by atoms with Crippen molar-refractivity contribution in [2.24, 2.45) is 28.8 Å². The minimum Gasteiger partial charge on any atom is -0.497 e. The quantitative estimate of drug-likeness (QED) is 0.389. The number of hydrogen-bond acceptors (Lipinski definition) is 8. The van der Waals surface area contributed by atoms with E-state index in [1.807, 2.05) is 0 Å². The first-order valence-electron chi connectivity index (χ1n) is 12.5. The SMILES string of the molecule is COc1ccc(COC(=O)NN=C2C[C@@H](O)[C@@H](O)[C@@H]3[C@H]4C(=O)N(c5ccc(F)cc5F)C(=O)[C@@H]4CC[C@H]23)cc1. The molecule has 1 heterocycles. The first kappa shape index (κ1) is 26.7. The molecule has 0 aromatic heterocycles. The molecule has 0 unspecified atom stereocenters. The smallest absolute Gasteiger partial charge is 0.428 e. The van der Waals surface area contributed by atoms with Gasteiger partial charge in [0.15, 0.2) is 0 Å². The summed E-state index contributed by atoms with van der Waals surface area (Å²) in [5, 5.41) is 25.6. The lowest BCUT2D eigenvalue weighted by atomic mass is 9.60. The van der Waals surface area contributed by atoms with Gasteiger partial charge in [0.2, 0.25) is 11.8 Å². The van der Waals surface area contributed by atoms with Crippen LogP contribution >= 0.6 is 0 Å². The number of halogens is 2. The number of rotatable bonds is 5. The number of anilines is 1. The third-order valence-electron chi connectivity index (χ3n) is 7.75. The lowest BCUT2D eigenvalue weighted by Gasteiger charge is -2.45. The van der Waals surface area contributed by atoms with Gasteiger partial charge in [-0.1, -0.05) is 12.1 Å². The van der Waals surface area contributed by atoms with E-state index in [0.29, 0.717) is 28.8 Å². The Balaban J connectivity index is 1.32. The van der Waals surface area contributed by atoms with Gasteiger partial charge in [-0.15, -0.1) is 0 Å². The van der Waals surface area contributed by atoms with Crippen molar-refractivity contribution in [2.45, 2.75) is 38.1 Å². The lowest BCUT2D eigenvalue weighted by molar-refractivity contribution is -0.132. The molecule has 3 fully saturated rings. The van der Waals surface area contributed by atoms with Crippen molar-refractivity contribution in [3.8, 4) is 5.75 Å². The van der Waals surface area contributed by atoms with Crippen LogP contribution in [0.2, 0.25) is 0 Å². The number of imide groups is 1. The average molecular weight is 544 g/mol. The van der Waals surface area contributed by atoms with E-state index < -0.39 is 65.4 Å². The van der Waals surface area contributed by atoms with Gasteiger partial charge in [-0.3, -0.25) is 9.59 Å². The van der Waals surface area contributed by atoms with Crippen LogP contribution in [-0.4, -0.2) is 53.2 Å². The molecule has 2 saturated carbocycles. The molecule has 0 bridgehead atoms. The summed E-state index contributed by atoms with van der Waals surface area (Å²) in [5.41, 5.74) is 3.01. The van der Waals surface area contributed by atoms with Gasteiger partial charge in [-0.05, 0) is 42.7 Å². The maximum Gasteiger partial charge on any atom is 0.428 e. The minimum atomic E-state index is -1.35. The van der Waals surface area contributed by atoms with E-state index in [1.165, 1.54) is 7.11 Å². The summed E-state index contributed by atoms with van der Waals surface area (Å²) in [7, 11) is 1.54. The van der Waals surface area contributed by atoms with Crippen LogP contribution in [0.4, 0.5) is 19.3 Å². The number of hydrogen-bond donors (Lipinski definition) is 3. The maximum atomic E-state index is 14.5. The van der Waals surface area contributed by atoms with Crippen LogP contribution in [0.25, 0.3) is 0 Å². The predicted molar refractivity (Wildman–Crippen MR) is 132 cm³/mol. The molecule has 1 saturated heterocycles. The third-order valence-corrected chi connectivity index (χ3v) is 7.75. The second-order valence-electron chi connectivity index (χ2n) is 9.90. The number of benzene rings is 2. The van der Waals surface area contributed by atoms with Crippen molar-refractivity contribution in [2.75, 3.05) is 12.0 Å². The summed E-state index contributed by atoms with van der Waals surface area (Å²) in [5.74, 6) is -5.93. The number of hydrazone groups is 1. The highest BCUT2D eigenvalue weighted by Gasteiger charge is 2.60. The predicted octanol–water partition coefficient (Wildman–Crippen LogP) is 2.51. The van der Waals surface area contributed by atoms with Crippen LogP contribution in [-0.2, 0) is 20.9 Å². The molecule has 206 valence electrons. The van der Waals surface area contributed by atoms with Gasteiger partial charge in [0, 0.05) is 30.0 Å². The fraction of sp³-hybridized carbons (Fsp3) is 0.407. The van der Waals surface area contributed by atoms with Gasteiger partial charge in [0.05, 0.1) is 36.8 Å². The highest BCUT2D eigenvalue weighted by atomic mass is 19.1. The van der Waals surface area contributed by atoms with Gasteiger partial charge >= 0.3 is 6.09 Å². The molecule has 1 aliphatic heterocycles. The van der Waals surface area contributed by atoms with Crippen LogP contribution in [0.15, 0.2) is 47.6 Å². The number of carbonyl (C=O) groups is 3. The Hall–Kier alpha value is -3.90. The Morgan fingerprint density at radius 1 is 1.08 bits per heavy atom. The molecule has 3 N–H and O–H groups in total. The van der Waals surface area contributed by atoms with E-state index in [1.54, 1.807) is 24.3 Å². The average Bonchev–Trinajstić information content (AvgIpc) is 3.18. The van der Waals surface area contributed by atoms with Crippen LogP contribution < -0.4 is 15.1 Å². The van der Waals surface area contributed by atoms with Crippen LogP contribution in [0.3, 0.4) is 0 Å². The standard InChI is InChI=1S/C27H27F2N3O7/c1-38-15-5-2-13(3-6-15)12-39-27(37)31-30-19-11-21(33)24(34)22-16(19)7-8-17-23(22)26(36)32(25(17)35)20-9-4-14(28)10-18(20)29/h2-6,9-10,16-17,21-24,33-34H,7-8,11-12H2,1H3,(H,31,37)/t16-,17-,21-,22+,23+,24-/m1/s1. The molecule has 2 aromatic carbocycles. The van der Waals surface area contributed by atoms with Gasteiger partial charge < -0.3 is 19.7 Å². The summed E-state index contributed by atoms with van der Waals surface area (Å²) in [6, 6.07) is 9.49. The molecule has 12 heteroatoms. The zero-order valence-corrected chi connectivity index (χ0v) is 20.9. The van der Waals surface area contributed by atoms with Gasteiger partial charge in [-0.2, -0.15) is 5.10 Å². The Labute approximate surface area is 222 Å². The largest absolute Gasteiger partial charge is 0.497 e. The maximum absolute atomic E-state index is 14.5. The first-order valence-corrected chi connectivity index (χ1v) is 12.5. The normalized spacial score (nSPS) is 29.2. The molecular formula is C27H27F2N3O7. The summed E-state index contributed by atoms with van der Waals surface area (Å²) in [4.78, 5) is 39.6. The molecule has 10 nitrogen and oxygen atoms in total. The molecular weight excluding hydrogens is 516 g/mol. The number of methoxy groups -OCH3 is 1. The van der Waals surface area contributed by atoms with Crippen LogP contribution in [0, 0.1) is 35.3 Å². The molecule has 2 aliphatic carbocycles. The molecule has 3 aliphatic rings. The van der Waals surface area contributed by atoms with E-state index in [2.05, 4.69) is 10.5 Å². The van der Waals surface area contributed by atoms with Crippen molar-refractivity contribution >= 4 is 29.3 Å². The number of ether oxygens (including phenoxy) is 2. The fourth-order valence-corrected chi connectivity index (χ4v) is 5.92. The van der Waals surface area contributed by atoms with E-state index in [4.69, 9.17) is 9.47 Å². The topological polar surface area (TPSA) is 138 Å². The van der Waals surface area contributed by atoms with Gasteiger partial charge in [-0.25, -0.2) is 23.9 Å². The first-order chi connectivity index (χ1) is 18.7. The molecule has 3 amide bonds. The van der Waals surface area contributed by atoms with Crippen molar-refractivity contribution in [3.63, 3.8) is 0 Å². The Morgan fingerprint density at radius 3 is 2.49 bits per heavy atom. The highest BCUT2D eigenvalue weighted by Crippen LogP contribution is 2.50. The van der Waals surface area contributed by atoms with Crippen molar-refractivity contribution in [1.82, 2.24) is 5.43 Å². The summed E-state index contributed by atoms with van der Waals surface area (Å²) < 4.78 is 38.2. The Bertz CT molecular complexity index is 1320. The van der Waals surface area contributed by atoms with Gasteiger partial charge in [0.1, 0.15) is 24.0 Å². The molecule has 5 rings (SSSR count). The number of aliphatic hydroxyl groups is 2. The number of amides is 3. The minimum absolute atomic E-state index is 0.0236. The van der Waals surface area contributed by atoms with Crippen molar-refractivity contribution in [3.05, 3.63) is 59.7 Å². The zero-order chi connectivity index (χ0) is 27.8. The van der Waals surface area contributed by atoms with E-state index in [9.17, 15) is 33.4 Å². The number of aliphatic hydroxyl groups excluding tert-OH is 2. The lowest BCUT2D eigenvalue weighted by Crippen LogP contribution is -2.55. The van der Waals surface area contributed by atoms with Crippen LogP contribution in [0.5, 0.6) is 5.75 Å². The van der Waals surface area contributed by atoms with E-state index in [-0.39, 0.29) is 25.1 Å². The fourth-order valence-electron chi connectivity index (χ4n) is 5.92. The van der Waals surface area contributed by atoms with Crippen LogP contribution in [0.1, 0.15) is 24.8 Å². The molecule has 39 heavy (non-hydrogen) atoms. The molecule has 0 radical (unpaired) electrons. The Morgan fingerprint density at radius 2 is 1.79 bits per heavy atom. The summed E-state index contributed by atoms with van der Waals surface area (Å²) in [6.45, 7) is -0.0236. The Kier molecular flexibility index (Phi) is 7.32. The molecule has 2 aromatic rings. The van der Waals surface area contributed by atoms with E-state index >= 15 is 0 Å². The van der Waals surface area contributed by atoms with Crippen molar-refractivity contribution in [1.29, 1.82) is 0 Å². The number of fused-ring (bicyclic) bond motifs is 3. The highest BCUT2D eigenvalue weighted by molar-refractivity contribution is 6.22. The van der Waals surface area contributed by atoms with E-state index in [0.717, 1.165) is 17.7 Å². The van der Waals surface area contributed by atoms with Crippen molar-refractivity contribution < 1.29 is 42.9 Å². The number of nitrogens with zero attached hydrogens (tertiary/aromatic N) is 2.